The molecule has 0 radical (unpaired) electrons. The van der Waals surface area contributed by atoms with Crippen molar-refractivity contribution in [2.24, 2.45) is 0 Å². The molecule has 6 nitrogen and oxygen atoms in total. The number of nitrogens with zero attached hydrogens (tertiary/aromatic N) is 3. The summed E-state index contributed by atoms with van der Waals surface area (Å²) in [7, 11) is 0. The topological polar surface area (TPSA) is 91.8 Å². The molecule has 0 aliphatic carbocycles. The molecule has 0 saturated carbocycles. The Hall–Kier alpha value is -2.94. The van der Waals surface area contributed by atoms with Crippen molar-refractivity contribution in [3.8, 4) is 6.07 Å². The van der Waals surface area contributed by atoms with E-state index in [9.17, 15) is 10.1 Å². The zero-order chi connectivity index (χ0) is 15.2. The number of nitriles is 1. The van der Waals surface area contributed by atoms with Crippen LogP contribution in [0.15, 0.2) is 36.5 Å². The fraction of sp³-hybridized carbons (Fsp3) is 0.200. The van der Waals surface area contributed by atoms with Crippen molar-refractivity contribution in [1.82, 2.24) is 4.98 Å². The van der Waals surface area contributed by atoms with E-state index in [1.807, 2.05) is 30.3 Å². The number of nitro groups is 1. The van der Waals surface area contributed by atoms with Crippen molar-refractivity contribution < 1.29 is 4.92 Å². The van der Waals surface area contributed by atoms with Crippen LogP contribution in [0.3, 0.4) is 0 Å². The summed E-state index contributed by atoms with van der Waals surface area (Å²) in [5.41, 5.74) is 1.93. The summed E-state index contributed by atoms with van der Waals surface area (Å²) in [6.07, 6.45) is 2.35. The molecule has 0 fully saturated rings. The number of anilines is 1. The molecule has 0 saturated heterocycles. The molecule has 106 valence electrons. The van der Waals surface area contributed by atoms with Crippen LogP contribution in [-0.4, -0.2) is 9.91 Å². The molecule has 0 atom stereocenters. The normalized spacial score (nSPS) is 9.90. The van der Waals surface area contributed by atoms with Crippen LogP contribution in [0.5, 0.6) is 0 Å². The van der Waals surface area contributed by atoms with Crippen LogP contribution in [0.25, 0.3) is 0 Å². The third-order valence-corrected chi connectivity index (χ3v) is 3.12. The minimum atomic E-state index is -0.589. The molecule has 1 N–H and O–H groups in total. The molecule has 2 rings (SSSR count). The predicted octanol–water partition coefficient (Wildman–Crippen LogP) is 3.04. The Kier molecular flexibility index (Phi) is 4.46. The fourth-order valence-electron chi connectivity index (χ4n) is 1.94. The summed E-state index contributed by atoms with van der Waals surface area (Å²) < 4.78 is 0. The minimum absolute atomic E-state index is 0.00108. The van der Waals surface area contributed by atoms with E-state index in [1.165, 1.54) is 17.8 Å². The molecule has 1 aromatic heterocycles. The average Bonchev–Trinajstić information content (AvgIpc) is 2.52. The maximum absolute atomic E-state index is 11.1. The lowest BCUT2D eigenvalue weighted by molar-refractivity contribution is -0.384. The smallest absolute Gasteiger partial charge is 0.328 e. The maximum Gasteiger partial charge on any atom is 0.328 e. The van der Waals surface area contributed by atoms with Gasteiger partial charge in [-0.05, 0) is 23.6 Å². The van der Waals surface area contributed by atoms with Gasteiger partial charge in [-0.1, -0.05) is 31.2 Å². The number of hydrogen-bond acceptors (Lipinski definition) is 5. The van der Waals surface area contributed by atoms with E-state index >= 15 is 0 Å². The zero-order valence-electron chi connectivity index (χ0n) is 11.5. The quantitative estimate of drug-likeness (QED) is 0.672. The monoisotopic (exact) mass is 282 g/mol. The Morgan fingerprint density at radius 1 is 1.29 bits per heavy atom. The van der Waals surface area contributed by atoms with Gasteiger partial charge in [-0.3, -0.25) is 10.1 Å². The van der Waals surface area contributed by atoms with Gasteiger partial charge < -0.3 is 5.32 Å². The lowest BCUT2D eigenvalue weighted by Crippen LogP contribution is -2.06. The summed E-state index contributed by atoms with van der Waals surface area (Å²) >= 11 is 0. The summed E-state index contributed by atoms with van der Waals surface area (Å²) in [5.74, 6) is 0.110. The molecule has 1 aromatic carbocycles. The van der Waals surface area contributed by atoms with Crippen LogP contribution in [0.1, 0.15) is 23.6 Å². The molecule has 0 amide bonds. The van der Waals surface area contributed by atoms with Gasteiger partial charge in [-0.15, -0.1) is 0 Å². The first-order chi connectivity index (χ1) is 10.2. The second kappa shape index (κ2) is 6.48. The van der Waals surface area contributed by atoms with Gasteiger partial charge in [0.05, 0.1) is 4.92 Å². The second-order valence-electron chi connectivity index (χ2n) is 4.45. The van der Waals surface area contributed by atoms with Crippen molar-refractivity contribution in [2.45, 2.75) is 19.9 Å². The molecule has 0 unspecified atom stereocenters. The molecular formula is C15H14N4O2. The standard InChI is InChI=1S/C15H14N4O2/c1-2-11-3-5-12(6-4-11)10-18-15-14(19(20)21)13(9-16)7-8-17-15/h3-8H,2,10H2,1H3,(H,17,18). The lowest BCUT2D eigenvalue weighted by Gasteiger charge is -2.07. The highest BCUT2D eigenvalue weighted by Crippen LogP contribution is 2.26. The molecular weight excluding hydrogens is 268 g/mol. The molecule has 0 aliphatic rings. The fourth-order valence-corrected chi connectivity index (χ4v) is 1.94. The van der Waals surface area contributed by atoms with Gasteiger partial charge in [0.15, 0.2) is 0 Å². The van der Waals surface area contributed by atoms with Crippen molar-refractivity contribution in [1.29, 1.82) is 5.26 Å². The van der Waals surface area contributed by atoms with Crippen molar-refractivity contribution >= 4 is 11.5 Å². The van der Waals surface area contributed by atoms with Crippen LogP contribution in [-0.2, 0) is 13.0 Å². The van der Waals surface area contributed by atoms with Gasteiger partial charge in [0.25, 0.3) is 0 Å². The van der Waals surface area contributed by atoms with E-state index in [0.29, 0.717) is 6.54 Å². The molecule has 0 spiro atoms. The van der Waals surface area contributed by atoms with E-state index in [0.717, 1.165) is 12.0 Å². The van der Waals surface area contributed by atoms with Gasteiger partial charge in [0, 0.05) is 12.7 Å². The van der Waals surface area contributed by atoms with E-state index in [1.54, 1.807) is 0 Å². The summed E-state index contributed by atoms with van der Waals surface area (Å²) in [5, 5.41) is 22.9. The van der Waals surface area contributed by atoms with Crippen molar-refractivity contribution in [3.63, 3.8) is 0 Å². The van der Waals surface area contributed by atoms with Crippen LogP contribution >= 0.6 is 0 Å². The van der Waals surface area contributed by atoms with E-state index in [-0.39, 0.29) is 17.1 Å². The summed E-state index contributed by atoms with van der Waals surface area (Å²) in [4.78, 5) is 14.4. The van der Waals surface area contributed by atoms with Crippen molar-refractivity contribution in [2.75, 3.05) is 5.32 Å². The Bertz CT molecular complexity index is 690. The summed E-state index contributed by atoms with van der Waals surface area (Å²) in [6.45, 7) is 2.49. The van der Waals surface area contributed by atoms with Gasteiger partial charge in [0.2, 0.25) is 5.82 Å². The number of benzene rings is 1. The van der Waals surface area contributed by atoms with Gasteiger partial charge in [-0.25, -0.2) is 4.98 Å². The predicted molar refractivity (Wildman–Crippen MR) is 78.8 cm³/mol. The Morgan fingerprint density at radius 3 is 2.52 bits per heavy atom. The molecule has 2 aromatic rings. The lowest BCUT2D eigenvalue weighted by atomic mass is 10.1. The Balaban J connectivity index is 2.20. The zero-order valence-corrected chi connectivity index (χ0v) is 11.5. The molecule has 1 heterocycles. The van der Waals surface area contributed by atoms with E-state index < -0.39 is 4.92 Å². The van der Waals surface area contributed by atoms with Crippen LogP contribution < -0.4 is 5.32 Å². The number of rotatable bonds is 5. The van der Waals surface area contributed by atoms with Gasteiger partial charge in [0.1, 0.15) is 11.6 Å². The maximum atomic E-state index is 11.1. The van der Waals surface area contributed by atoms with E-state index in [2.05, 4.69) is 17.2 Å². The average molecular weight is 282 g/mol. The van der Waals surface area contributed by atoms with Gasteiger partial charge in [-0.2, -0.15) is 5.26 Å². The highest BCUT2D eigenvalue weighted by atomic mass is 16.6. The SMILES string of the molecule is CCc1ccc(CNc2nccc(C#N)c2[N+](=O)[O-])cc1. The molecule has 21 heavy (non-hydrogen) atoms. The molecule has 0 bridgehead atoms. The highest BCUT2D eigenvalue weighted by molar-refractivity contribution is 5.64. The first-order valence-corrected chi connectivity index (χ1v) is 6.51. The third-order valence-electron chi connectivity index (χ3n) is 3.12. The number of hydrogen-bond donors (Lipinski definition) is 1. The molecule has 6 heteroatoms. The number of pyridine rings is 1. The largest absolute Gasteiger partial charge is 0.360 e. The first kappa shape index (κ1) is 14.5. The van der Waals surface area contributed by atoms with Crippen LogP contribution in [0.4, 0.5) is 11.5 Å². The van der Waals surface area contributed by atoms with E-state index in [4.69, 9.17) is 5.26 Å². The summed E-state index contributed by atoms with van der Waals surface area (Å²) in [6, 6.07) is 11.1. The highest BCUT2D eigenvalue weighted by Gasteiger charge is 2.20. The number of aryl methyl sites for hydroxylation is 1. The van der Waals surface area contributed by atoms with Crippen molar-refractivity contribution in [3.05, 3.63) is 63.3 Å². The third kappa shape index (κ3) is 3.34. The first-order valence-electron chi connectivity index (χ1n) is 6.51. The van der Waals surface area contributed by atoms with Crippen LogP contribution in [0.2, 0.25) is 0 Å². The number of nitrogens with one attached hydrogen (secondary N) is 1. The molecule has 0 aliphatic heterocycles. The number of aromatic nitrogens is 1. The minimum Gasteiger partial charge on any atom is -0.360 e. The Labute approximate surface area is 122 Å². The van der Waals surface area contributed by atoms with Gasteiger partial charge >= 0.3 is 5.69 Å². The van der Waals surface area contributed by atoms with Crippen LogP contribution in [0, 0.1) is 21.4 Å². The Morgan fingerprint density at radius 2 is 1.95 bits per heavy atom. The second-order valence-corrected chi connectivity index (χ2v) is 4.45.